The Morgan fingerprint density at radius 2 is 1.73 bits per heavy atom. The van der Waals surface area contributed by atoms with Gasteiger partial charge in [-0.2, -0.15) is 0 Å². The van der Waals surface area contributed by atoms with Crippen molar-refractivity contribution in [2.24, 2.45) is 5.92 Å². The van der Waals surface area contributed by atoms with Crippen LogP contribution in [-0.2, 0) is 14.3 Å². The summed E-state index contributed by atoms with van der Waals surface area (Å²) in [5.74, 6) is 0.225. The molecule has 0 spiro atoms. The fourth-order valence-corrected chi connectivity index (χ4v) is 2.91. The molecule has 6 heteroatoms. The Labute approximate surface area is 132 Å². The van der Waals surface area contributed by atoms with Crippen LogP contribution in [0.2, 0.25) is 0 Å². The van der Waals surface area contributed by atoms with Gasteiger partial charge in [0.05, 0.1) is 12.7 Å². The van der Waals surface area contributed by atoms with Gasteiger partial charge in [-0.15, -0.1) is 0 Å². The molecule has 0 aromatic carbocycles. The van der Waals surface area contributed by atoms with Crippen LogP contribution in [0.1, 0.15) is 40.5 Å². The first-order valence-corrected chi connectivity index (χ1v) is 8.14. The number of rotatable bonds is 1. The molecule has 2 amide bonds. The number of morpholine rings is 1. The van der Waals surface area contributed by atoms with Crippen LogP contribution in [0.3, 0.4) is 0 Å². The van der Waals surface area contributed by atoms with Crippen LogP contribution in [0.5, 0.6) is 0 Å². The first-order chi connectivity index (χ1) is 10.3. The minimum atomic E-state index is -0.478. The lowest BCUT2D eigenvalue weighted by Gasteiger charge is -2.37. The highest BCUT2D eigenvalue weighted by atomic mass is 16.6. The Hall–Kier alpha value is -1.30. The zero-order chi connectivity index (χ0) is 16.3. The molecule has 0 N–H and O–H groups in total. The summed E-state index contributed by atoms with van der Waals surface area (Å²) in [6.45, 7) is 10.7. The second-order valence-corrected chi connectivity index (χ2v) is 7.21. The maximum absolute atomic E-state index is 12.5. The summed E-state index contributed by atoms with van der Waals surface area (Å²) < 4.78 is 10.9. The van der Waals surface area contributed by atoms with E-state index < -0.39 is 5.60 Å². The van der Waals surface area contributed by atoms with E-state index in [-0.39, 0.29) is 24.0 Å². The Morgan fingerprint density at radius 1 is 1.09 bits per heavy atom. The van der Waals surface area contributed by atoms with E-state index in [9.17, 15) is 9.59 Å². The zero-order valence-corrected chi connectivity index (χ0v) is 14.1. The van der Waals surface area contributed by atoms with E-state index in [2.05, 4.69) is 0 Å². The Balaban J connectivity index is 1.81. The Bertz CT molecular complexity index is 411. The van der Waals surface area contributed by atoms with Gasteiger partial charge in [0.15, 0.2) is 0 Å². The highest BCUT2D eigenvalue weighted by molar-refractivity contribution is 5.79. The number of carbonyl (C=O) groups is 2. The molecule has 0 radical (unpaired) electrons. The molecule has 2 fully saturated rings. The van der Waals surface area contributed by atoms with E-state index in [4.69, 9.17) is 9.47 Å². The third-order valence-corrected chi connectivity index (χ3v) is 4.05. The molecule has 22 heavy (non-hydrogen) atoms. The second-order valence-electron chi connectivity index (χ2n) is 7.21. The first-order valence-electron chi connectivity index (χ1n) is 8.14. The van der Waals surface area contributed by atoms with E-state index in [1.807, 2.05) is 32.6 Å². The number of likely N-dealkylation sites (tertiary alicyclic amines) is 1. The summed E-state index contributed by atoms with van der Waals surface area (Å²) in [6.07, 6.45) is 1.26. The van der Waals surface area contributed by atoms with E-state index in [0.29, 0.717) is 45.6 Å². The standard InChI is InChI=1S/C16H28N2O4/c1-12-11-18(9-10-21-12)14(19)13-5-7-17(8-6-13)15(20)22-16(2,3)4/h12-13H,5-11H2,1-4H3. The van der Waals surface area contributed by atoms with Gasteiger partial charge in [0, 0.05) is 32.1 Å². The minimum absolute atomic E-state index is 0.0176. The van der Waals surface area contributed by atoms with Gasteiger partial charge in [-0.3, -0.25) is 4.79 Å². The van der Waals surface area contributed by atoms with Gasteiger partial charge >= 0.3 is 6.09 Å². The van der Waals surface area contributed by atoms with Crippen LogP contribution in [0.25, 0.3) is 0 Å². The largest absolute Gasteiger partial charge is 0.444 e. The maximum atomic E-state index is 12.5. The van der Waals surface area contributed by atoms with Crippen molar-refractivity contribution in [3.8, 4) is 0 Å². The molecule has 0 saturated carbocycles. The van der Waals surface area contributed by atoms with E-state index >= 15 is 0 Å². The van der Waals surface area contributed by atoms with Gasteiger partial charge < -0.3 is 19.3 Å². The smallest absolute Gasteiger partial charge is 0.410 e. The van der Waals surface area contributed by atoms with Gasteiger partial charge in [0.1, 0.15) is 5.60 Å². The molecule has 0 aliphatic carbocycles. The molecule has 2 saturated heterocycles. The number of piperidine rings is 1. The van der Waals surface area contributed by atoms with Crippen LogP contribution >= 0.6 is 0 Å². The molecule has 2 rings (SSSR count). The van der Waals surface area contributed by atoms with Gasteiger partial charge in [0.25, 0.3) is 0 Å². The van der Waals surface area contributed by atoms with Gasteiger partial charge in [-0.25, -0.2) is 4.79 Å². The quantitative estimate of drug-likeness (QED) is 0.742. The highest BCUT2D eigenvalue weighted by Gasteiger charge is 2.33. The number of hydrogen-bond acceptors (Lipinski definition) is 4. The Kier molecular flexibility index (Phi) is 5.32. The van der Waals surface area contributed by atoms with E-state index in [0.717, 1.165) is 0 Å². The Morgan fingerprint density at radius 3 is 2.27 bits per heavy atom. The third kappa shape index (κ3) is 4.60. The summed E-state index contributed by atoms with van der Waals surface area (Å²) in [4.78, 5) is 28.2. The third-order valence-electron chi connectivity index (χ3n) is 4.05. The van der Waals surface area contributed by atoms with Crippen molar-refractivity contribution >= 4 is 12.0 Å². The summed E-state index contributed by atoms with van der Waals surface area (Å²) >= 11 is 0. The monoisotopic (exact) mass is 312 g/mol. The van der Waals surface area contributed by atoms with Crippen LogP contribution in [-0.4, -0.2) is 66.3 Å². The maximum Gasteiger partial charge on any atom is 0.410 e. The van der Waals surface area contributed by atoms with Crippen molar-refractivity contribution in [3.05, 3.63) is 0 Å². The number of ether oxygens (including phenoxy) is 2. The lowest BCUT2D eigenvalue weighted by molar-refractivity contribution is -0.144. The molecular formula is C16H28N2O4. The van der Waals surface area contributed by atoms with Crippen LogP contribution < -0.4 is 0 Å². The topological polar surface area (TPSA) is 59.1 Å². The molecule has 2 heterocycles. The average Bonchev–Trinajstić information content (AvgIpc) is 2.45. The van der Waals surface area contributed by atoms with Crippen molar-refractivity contribution in [2.75, 3.05) is 32.8 Å². The number of hydrogen-bond donors (Lipinski definition) is 0. The molecule has 0 aromatic heterocycles. The highest BCUT2D eigenvalue weighted by Crippen LogP contribution is 2.22. The van der Waals surface area contributed by atoms with Crippen LogP contribution in [0.4, 0.5) is 4.79 Å². The fourth-order valence-electron chi connectivity index (χ4n) is 2.91. The van der Waals surface area contributed by atoms with Crippen molar-refractivity contribution in [1.29, 1.82) is 0 Å². The predicted octanol–water partition coefficient (Wildman–Crippen LogP) is 1.88. The molecule has 2 aliphatic rings. The summed E-state index contributed by atoms with van der Waals surface area (Å²) in [7, 11) is 0. The number of nitrogens with zero attached hydrogens (tertiary/aromatic N) is 2. The molecule has 126 valence electrons. The van der Waals surface area contributed by atoms with E-state index in [1.165, 1.54) is 0 Å². The normalized spacial score (nSPS) is 24.3. The first kappa shape index (κ1) is 17.1. The second kappa shape index (κ2) is 6.86. The fraction of sp³-hybridized carbons (Fsp3) is 0.875. The number of amides is 2. The molecule has 0 aromatic rings. The molecule has 0 bridgehead atoms. The number of carbonyl (C=O) groups excluding carboxylic acids is 2. The zero-order valence-electron chi connectivity index (χ0n) is 14.1. The van der Waals surface area contributed by atoms with E-state index in [1.54, 1.807) is 4.90 Å². The molecule has 1 unspecified atom stereocenters. The lowest BCUT2D eigenvalue weighted by atomic mass is 9.95. The lowest BCUT2D eigenvalue weighted by Crippen LogP contribution is -2.50. The molecule has 2 aliphatic heterocycles. The van der Waals surface area contributed by atoms with Crippen molar-refractivity contribution in [1.82, 2.24) is 9.80 Å². The molecule has 1 atom stereocenters. The van der Waals surface area contributed by atoms with Gasteiger partial charge in [0.2, 0.25) is 5.91 Å². The SMILES string of the molecule is CC1CN(C(=O)C2CCN(C(=O)OC(C)(C)C)CC2)CCO1. The van der Waals surface area contributed by atoms with Crippen LogP contribution in [0.15, 0.2) is 0 Å². The van der Waals surface area contributed by atoms with Crippen molar-refractivity contribution < 1.29 is 19.1 Å². The molecule has 6 nitrogen and oxygen atoms in total. The van der Waals surface area contributed by atoms with Gasteiger partial charge in [-0.1, -0.05) is 0 Å². The van der Waals surface area contributed by atoms with Gasteiger partial charge in [-0.05, 0) is 40.5 Å². The summed E-state index contributed by atoms with van der Waals surface area (Å²) in [5.41, 5.74) is -0.478. The van der Waals surface area contributed by atoms with Crippen LogP contribution in [0, 0.1) is 5.92 Å². The van der Waals surface area contributed by atoms with Crippen molar-refractivity contribution in [3.63, 3.8) is 0 Å². The predicted molar refractivity (Wildman–Crippen MR) is 82.5 cm³/mol. The van der Waals surface area contributed by atoms with Crippen molar-refractivity contribution in [2.45, 2.75) is 52.2 Å². The summed E-state index contributed by atoms with van der Waals surface area (Å²) in [6, 6.07) is 0. The summed E-state index contributed by atoms with van der Waals surface area (Å²) in [5, 5.41) is 0. The average molecular weight is 312 g/mol. The molecular weight excluding hydrogens is 284 g/mol. The minimum Gasteiger partial charge on any atom is -0.444 e.